The van der Waals surface area contributed by atoms with Crippen LogP contribution in [0.5, 0.6) is 0 Å². The highest BCUT2D eigenvalue weighted by Crippen LogP contribution is 2.22. The topological polar surface area (TPSA) is 122 Å². The number of nitrogens with two attached hydrogens (primary N) is 1. The number of carbonyl (C=O) groups excluding carboxylic acids is 1. The number of aliphatic hydroxyl groups excluding tert-OH is 3. The van der Waals surface area contributed by atoms with Crippen molar-refractivity contribution < 1.29 is 29.6 Å². The van der Waals surface area contributed by atoms with E-state index in [9.17, 15) is 15.0 Å². The van der Waals surface area contributed by atoms with Gasteiger partial charge in [0, 0.05) is 0 Å². The van der Waals surface area contributed by atoms with Gasteiger partial charge < -0.3 is 30.5 Å². The Labute approximate surface area is 125 Å². The zero-order valence-corrected chi connectivity index (χ0v) is 12.6. The number of rotatable bonds is 7. The van der Waals surface area contributed by atoms with Gasteiger partial charge in [-0.1, -0.05) is 19.8 Å². The van der Waals surface area contributed by atoms with Crippen LogP contribution >= 0.6 is 0 Å². The molecule has 0 saturated carbocycles. The molecule has 7 heteroatoms. The van der Waals surface area contributed by atoms with Gasteiger partial charge in [0.2, 0.25) is 0 Å². The van der Waals surface area contributed by atoms with Crippen molar-refractivity contribution in [3.8, 4) is 0 Å². The summed E-state index contributed by atoms with van der Waals surface area (Å²) in [4.78, 5) is 11.8. The van der Waals surface area contributed by atoms with E-state index in [1.54, 1.807) is 6.92 Å². The lowest BCUT2D eigenvalue weighted by atomic mass is 9.94. The van der Waals surface area contributed by atoms with E-state index in [0.29, 0.717) is 6.42 Å². The minimum Gasteiger partial charge on any atom is -0.458 e. The molecule has 1 aliphatic heterocycles. The Bertz CT molecular complexity index is 327. The Balaban J connectivity index is 2.55. The van der Waals surface area contributed by atoms with Crippen LogP contribution in [-0.4, -0.2) is 64.5 Å². The zero-order chi connectivity index (χ0) is 16.0. The minimum atomic E-state index is -1.18. The Morgan fingerprint density at radius 2 is 2.14 bits per heavy atom. The van der Waals surface area contributed by atoms with Gasteiger partial charge in [0.1, 0.15) is 18.3 Å². The number of hydrogen-bond acceptors (Lipinski definition) is 7. The summed E-state index contributed by atoms with van der Waals surface area (Å²) in [5, 5.41) is 28.9. The lowest BCUT2D eigenvalue weighted by molar-refractivity contribution is -0.203. The second-order valence-corrected chi connectivity index (χ2v) is 5.58. The predicted molar refractivity (Wildman–Crippen MR) is 75.4 cm³/mol. The first-order valence-electron chi connectivity index (χ1n) is 7.48. The second-order valence-electron chi connectivity index (χ2n) is 5.58. The van der Waals surface area contributed by atoms with E-state index in [-0.39, 0.29) is 13.0 Å². The SMILES string of the molecule is CCCCC(O)CC(=O)O[C@H]1C(O)C(CO)O[C@H](C)C1N. The summed E-state index contributed by atoms with van der Waals surface area (Å²) in [6, 6.07) is -0.681. The van der Waals surface area contributed by atoms with E-state index in [4.69, 9.17) is 20.3 Å². The molecule has 4 unspecified atom stereocenters. The summed E-state index contributed by atoms with van der Waals surface area (Å²) in [5.41, 5.74) is 5.88. The first-order chi connectivity index (χ1) is 9.90. The number of unbranched alkanes of at least 4 members (excludes halogenated alkanes) is 1. The van der Waals surface area contributed by atoms with Gasteiger partial charge in [-0.2, -0.15) is 0 Å². The Morgan fingerprint density at radius 3 is 2.71 bits per heavy atom. The van der Waals surface area contributed by atoms with Crippen molar-refractivity contribution in [2.24, 2.45) is 5.73 Å². The van der Waals surface area contributed by atoms with E-state index >= 15 is 0 Å². The van der Waals surface area contributed by atoms with E-state index in [1.807, 2.05) is 6.92 Å². The minimum absolute atomic E-state index is 0.130. The van der Waals surface area contributed by atoms with Crippen molar-refractivity contribution in [2.75, 3.05) is 6.61 Å². The van der Waals surface area contributed by atoms with E-state index in [0.717, 1.165) is 12.8 Å². The third-order valence-corrected chi connectivity index (χ3v) is 3.77. The van der Waals surface area contributed by atoms with Crippen molar-refractivity contribution >= 4 is 5.97 Å². The van der Waals surface area contributed by atoms with Gasteiger partial charge in [-0.25, -0.2) is 0 Å². The number of ether oxygens (including phenoxy) is 2. The maximum absolute atomic E-state index is 11.8. The molecule has 124 valence electrons. The molecule has 1 saturated heterocycles. The Kier molecular flexibility index (Phi) is 7.55. The molecule has 5 N–H and O–H groups in total. The average molecular weight is 305 g/mol. The monoisotopic (exact) mass is 305 g/mol. The molecule has 0 amide bonds. The van der Waals surface area contributed by atoms with Gasteiger partial charge in [-0.15, -0.1) is 0 Å². The predicted octanol–water partition coefficient (Wildman–Crippen LogP) is -0.693. The number of carbonyl (C=O) groups is 1. The lowest BCUT2D eigenvalue weighted by Gasteiger charge is -2.41. The highest BCUT2D eigenvalue weighted by Gasteiger charge is 2.43. The standard InChI is InChI=1S/C14H27NO6/c1-3-4-5-9(17)6-11(18)21-14-12(15)8(2)20-10(7-16)13(14)19/h8-10,12-14,16-17,19H,3-7,15H2,1-2H3/t8-,9?,10?,12?,13?,14-/m1/s1. The van der Waals surface area contributed by atoms with E-state index in [2.05, 4.69) is 0 Å². The molecule has 6 atom stereocenters. The fourth-order valence-corrected chi connectivity index (χ4v) is 2.39. The molecule has 1 fully saturated rings. The quantitative estimate of drug-likeness (QED) is 0.459. The highest BCUT2D eigenvalue weighted by molar-refractivity contribution is 5.70. The van der Waals surface area contributed by atoms with Crippen LogP contribution in [0.15, 0.2) is 0 Å². The summed E-state index contributed by atoms with van der Waals surface area (Å²) >= 11 is 0. The van der Waals surface area contributed by atoms with Gasteiger partial charge in [-0.3, -0.25) is 4.79 Å². The molecular formula is C14H27NO6. The van der Waals surface area contributed by atoms with Crippen LogP contribution in [0, 0.1) is 0 Å². The molecule has 0 aliphatic carbocycles. The van der Waals surface area contributed by atoms with Gasteiger partial charge in [0.15, 0.2) is 0 Å². The van der Waals surface area contributed by atoms with Crippen LogP contribution in [0.3, 0.4) is 0 Å². The van der Waals surface area contributed by atoms with E-state index < -0.39 is 42.5 Å². The second kappa shape index (κ2) is 8.65. The Hall–Kier alpha value is -0.730. The van der Waals surface area contributed by atoms with Crippen LogP contribution in [0.25, 0.3) is 0 Å². The lowest BCUT2D eigenvalue weighted by Crippen LogP contribution is -2.62. The molecule has 1 rings (SSSR count). The fraction of sp³-hybridized carbons (Fsp3) is 0.929. The number of hydrogen-bond donors (Lipinski definition) is 4. The molecule has 1 heterocycles. The molecule has 0 spiro atoms. The molecule has 0 radical (unpaired) electrons. The third kappa shape index (κ3) is 5.19. The van der Waals surface area contributed by atoms with Crippen molar-refractivity contribution in [3.63, 3.8) is 0 Å². The Morgan fingerprint density at radius 1 is 1.48 bits per heavy atom. The van der Waals surface area contributed by atoms with Gasteiger partial charge >= 0.3 is 5.97 Å². The summed E-state index contributed by atoms with van der Waals surface area (Å²) in [6.45, 7) is 3.31. The van der Waals surface area contributed by atoms with Crippen molar-refractivity contribution in [2.45, 2.75) is 76.1 Å². The molecule has 1 aliphatic rings. The normalized spacial score (nSPS) is 34.5. The van der Waals surface area contributed by atoms with Crippen molar-refractivity contribution in [1.82, 2.24) is 0 Å². The summed E-state index contributed by atoms with van der Waals surface area (Å²) in [6.07, 6.45) is -2.00. The van der Waals surface area contributed by atoms with Crippen molar-refractivity contribution in [3.05, 3.63) is 0 Å². The molecular weight excluding hydrogens is 278 g/mol. The molecule has 21 heavy (non-hydrogen) atoms. The maximum Gasteiger partial charge on any atom is 0.308 e. The van der Waals surface area contributed by atoms with Crippen LogP contribution in [0.4, 0.5) is 0 Å². The number of aliphatic hydroxyl groups is 3. The molecule has 0 bridgehead atoms. The first-order valence-corrected chi connectivity index (χ1v) is 7.48. The van der Waals surface area contributed by atoms with Gasteiger partial charge in [0.25, 0.3) is 0 Å². The van der Waals surface area contributed by atoms with Crippen LogP contribution in [-0.2, 0) is 14.3 Å². The summed E-state index contributed by atoms with van der Waals surface area (Å²) in [7, 11) is 0. The third-order valence-electron chi connectivity index (χ3n) is 3.77. The zero-order valence-electron chi connectivity index (χ0n) is 12.6. The smallest absolute Gasteiger partial charge is 0.308 e. The van der Waals surface area contributed by atoms with Crippen LogP contribution in [0.1, 0.15) is 39.5 Å². The molecule has 0 aromatic rings. The maximum atomic E-state index is 11.8. The summed E-state index contributed by atoms with van der Waals surface area (Å²) < 4.78 is 10.5. The van der Waals surface area contributed by atoms with Crippen LogP contribution in [0.2, 0.25) is 0 Å². The largest absolute Gasteiger partial charge is 0.458 e. The average Bonchev–Trinajstić information content (AvgIpc) is 2.45. The fourth-order valence-electron chi connectivity index (χ4n) is 2.39. The molecule has 0 aromatic carbocycles. The number of esters is 1. The van der Waals surface area contributed by atoms with E-state index in [1.165, 1.54) is 0 Å². The molecule has 0 aromatic heterocycles. The van der Waals surface area contributed by atoms with Gasteiger partial charge in [-0.05, 0) is 13.3 Å². The first kappa shape index (κ1) is 18.3. The van der Waals surface area contributed by atoms with Gasteiger partial charge in [0.05, 0.1) is 31.3 Å². The summed E-state index contributed by atoms with van der Waals surface area (Å²) in [5.74, 6) is -0.608. The van der Waals surface area contributed by atoms with Crippen molar-refractivity contribution in [1.29, 1.82) is 0 Å². The van der Waals surface area contributed by atoms with Crippen LogP contribution < -0.4 is 5.73 Å². The molecule has 7 nitrogen and oxygen atoms in total. The highest BCUT2D eigenvalue weighted by atomic mass is 16.6.